The standard InChI is InChI=1S/C13H17N5O4S/c1-17-9-11(8-14-17)23(20,21)18-5-2-10(3-6-18)15-13(19)12-4-7-22-16-12/h4,7-10H,2-3,5-6H2,1H3,(H,15,19). The Morgan fingerprint density at radius 2 is 2.13 bits per heavy atom. The number of hydrogen-bond acceptors (Lipinski definition) is 6. The van der Waals surface area contributed by atoms with Crippen molar-refractivity contribution in [2.24, 2.45) is 7.05 Å². The summed E-state index contributed by atoms with van der Waals surface area (Å²) in [6, 6.07) is 1.40. The fourth-order valence-electron chi connectivity index (χ4n) is 2.51. The van der Waals surface area contributed by atoms with Crippen LogP contribution in [0, 0.1) is 0 Å². The first-order valence-corrected chi connectivity index (χ1v) is 8.61. The van der Waals surface area contributed by atoms with E-state index in [2.05, 4.69) is 20.1 Å². The molecule has 1 amide bonds. The molecule has 2 aromatic heterocycles. The number of piperidine rings is 1. The van der Waals surface area contributed by atoms with E-state index in [-0.39, 0.29) is 22.5 Å². The van der Waals surface area contributed by atoms with Crippen molar-refractivity contribution in [3.05, 3.63) is 30.4 Å². The molecule has 9 nitrogen and oxygen atoms in total. The lowest BCUT2D eigenvalue weighted by molar-refractivity contribution is 0.0914. The lowest BCUT2D eigenvalue weighted by atomic mass is 10.1. The van der Waals surface area contributed by atoms with Crippen LogP contribution < -0.4 is 5.32 Å². The van der Waals surface area contributed by atoms with Gasteiger partial charge in [-0.05, 0) is 12.8 Å². The molecule has 1 aliphatic heterocycles. The van der Waals surface area contributed by atoms with Crippen LogP contribution in [-0.2, 0) is 17.1 Å². The number of carbonyl (C=O) groups is 1. The van der Waals surface area contributed by atoms with Gasteiger partial charge in [0.15, 0.2) is 5.69 Å². The number of hydrogen-bond donors (Lipinski definition) is 1. The second-order valence-electron chi connectivity index (χ2n) is 5.39. The molecule has 23 heavy (non-hydrogen) atoms. The van der Waals surface area contributed by atoms with Crippen molar-refractivity contribution in [1.29, 1.82) is 0 Å². The van der Waals surface area contributed by atoms with E-state index in [1.165, 1.54) is 33.7 Å². The molecule has 0 unspecified atom stereocenters. The molecule has 3 rings (SSSR count). The van der Waals surface area contributed by atoms with Gasteiger partial charge in [-0.15, -0.1) is 0 Å². The summed E-state index contributed by atoms with van der Waals surface area (Å²) in [5.74, 6) is -0.313. The molecule has 0 saturated carbocycles. The van der Waals surface area contributed by atoms with Crippen LogP contribution in [0.1, 0.15) is 23.3 Å². The molecule has 10 heteroatoms. The molecule has 0 radical (unpaired) electrons. The lowest BCUT2D eigenvalue weighted by Gasteiger charge is -2.31. The molecule has 0 atom stereocenters. The first-order valence-electron chi connectivity index (χ1n) is 7.17. The third-order valence-corrected chi connectivity index (χ3v) is 5.63. The van der Waals surface area contributed by atoms with Crippen molar-refractivity contribution in [2.75, 3.05) is 13.1 Å². The van der Waals surface area contributed by atoms with Crippen LogP contribution in [0.25, 0.3) is 0 Å². The monoisotopic (exact) mass is 339 g/mol. The number of nitrogens with one attached hydrogen (secondary N) is 1. The van der Waals surface area contributed by atoms with E-state index in [0.29, 0.717) is 25.9 Å². The summed E-state index contributed by atoms with van der Waals surface area (Å²) >= 11 is 0. The van der Waals surface area contributed by atoms with E-state index in [0.717, 1.165) is 0 Å². The quantitative estimate of drug-likeness (QED) is 0.839. The van der Waals surface area contributed by atoms with E-state index in [4.69, 9.17) is 0 Å². The number of nitrogens with zero attached hydrogens (tertiary/aromatic N) is 4. The number of carbonyl (C=O) groups excluding carboxylic acids is 1. The van der Waals surface area contributed by atoms with Crippen LogP contribution >= 0.6 is 0 Å². The van der Waals surface area contributed by atoms with Gasteiger partial charge >= 0.3 is 0 Å². The summed E-state index contributed by atoms with van der Waals surface area (Å²) in [4.78, 5) is 12.1. The average Bonchev–Trinajstić information content (AvgIpc) is 3.19. The second kappa shape index (κ2) is 6.13. The minimum Gasteiger partial charge on any atom is -0.364 e. The van der Waals surface area contributed by atoms with Crippen LogP contribution in [0.4, 0.5) is 0 Å². The minimum atomic E-state index is -3.53. The Kier molecular flexibility index (Phi) is 4.18. The normalized spacial score (nSPS) is 17.3. The second-order valence-corrected chi connectivity index (χ2v) is 7.32. The largest absolute Gasteiger partial charge is 0.364 e. The number of rotatable bonds is 4. The number of amides is 1. The van der Waals surface area contributed by atoms with Gasteiger partial charge in [-0.3, -0.25) is 9.48 Å². The maximum Gasteiger partial charge on any atom is 0.273 e. The van der Waals surface area contributed by atoms with Gasteiger partial charge in [0.1, 0.15) is 11.2 Å². The zero-order chi connectivity index (χ0) is 16.4. The molecule has 3 heterocycles. The Bertz CT molecular complexity index is 775. The Hall–Kier alpha value is -2.20. The average molecular weight is 339 g/mol. The Morgan fingerprint density at radius 1 is 1.39 bits per heavy atom. The molecular weight excluding hydrogens is 322 g/mol. The zero-order valence-electron chi connectivity index (χ0n) is 12.5. The van der Waals surface area contributed by atoms with E-state index in [1.807, 2.05) is 0 Å². The van der Waals surface area contributed by atoms with Crippen molar-refractivity contribution in [2.45, 2.75) is 23.8 Å². The summed E-state index contributed by atoms with van der Waals surface area (Å²) < 4.78 is 32.5. The van der Waals surface area contributed by atoms with E-state index in [1.54, 1.807) is 7.05 Å². The first-order chi connectivity index (χ1) is 11.0. The fourth-order valence-corrected chi connectivity index (χ4v) is 3.97. The minimum absolute atomic E-state index is 0.0838. The summed E-state index contributed by atoms with van der Waals surface area (Å²) in [6.07, 6.45) is 5.24. The zero-order valence-corrected chi connectivity index (χ0v) is 13.4. The van der Waals surface area contributed by atoms with Gasteiger partial charge in [-0.25, -0.2) is 8.42 Å². The molecule has 0 bridgehead atoms. The highest BCUT2D eigenvalue weighted by Crippen LogP contribution is 2.20. The molecule has 2 aromatic rings. The molecule has 0 spiro atoms. The highest BCUT2D eigenvalue weighted by atomic mass is 32.2. The van der Waals surface area contributed by atoms with Crippen molar-refractivity contribution in [1.82, 2.24) is 24.6 Å². The van der Waals surface area contributed by atoms with Gasteiger partial charge in [0, 0.05) is 38.4 Å². The Morgan fingerprint density at radius 3 is 2.70 bits per heavy atom. The van der Waals surface area contributed by atoms with Gasteiger partial charge in [-0.1, -0.05) is 5.16 Å². The van der Waals surface area contributed by atoms with Gasteiger partial charge in [0.05, 0.1) is 6.20 Å². The van der Waals surface area contributed by atoms with E-state index >= 15 is 0 Å². The van der Waals surface area contributed by atoms with Crippen molar-refractivity contribution >= 4 is 15.9 Å². The summed E-state index contributed by atoms with van der Waals surface area (Å²) in [5.41, 5.74) is 0.218. The predicted octanol–water partition coefficient (Wildman–Crippen LogP) is -0.00880. The molecular formula is C13H17N5O4S. The molecule has 124 valence electrons. The molecule has 1 aliphatic rings. The van der Waals surface area contributed by atoms with E-state index < -0.39 is 10.0 Å². The molecule has 1 saturated heterocycles. The van der Waals surface area contributed by atoms with Crippen LogP contribution in [0.15, 0.2) is 34.1 Å². The van der Waals surface area contributed by atoms with Gasteiger partial charge in [0.25, 0.3) is 5.91 Å². The van der Waals surface area contributed by atoms with Gasteiger partial charge in [-0.2, -0.15) is 9.40 Å². The number of aromatic nitrogens is 3. The Labute approximate surface area is 133 Å². The van der Waals surface area contributed by atoms with Crippen molar-refractivity contribution in [3.8, 4) is 0 Å². The van der Waals surface area contributed by atoms with Crippen molar-refractivity contribution in [3.63, 3.8) is 0 Å². The fraction of sp³-hybridized carbons (Fsp3) is 0.462. The Balaban J connectivity index is 1.59. The number of aryl methyl sites for hydroxylation is 1. The number of sulfonamides is 1. The summed E-state index contributed by atoms with van der Waals surface area (Å²) in [6.45, 7) is 0.696. The lowest BCUT2D eigenvalue weighted by Crippen LogP contribution is -2.46. The van der Waals surface area contributed by atoms with Crippen molar-refractivity contribution < 1.29 is 17.7 Å². The van der Waals surface area contributed by atoms with Gasteiger partial charge in [0.2, 0.25) is 10.0 Å². The van der Waals surface area contributed by atoms with E-state index in [9.17, 15) is 13.2 Å². The SMILES string of the molecule is Cn1cc(S(=O)(=O)N2CCC(NC(=O)c3ccon3)CC2)cn1. The predicted molar refractivity (Wildman–Crippen MR) is 79.0 cm³/mol. The van der Waals surface area contributed by atoms with Crippen LogP contribution in [0.5, 0.6) is 0 Å². The third kappa shape index (κ3) is 3.27. The molecule has 0 aromatic carbocycles. The van der Waals surface area contributed by atoms with Crippen LogP contribution in [0.3, 0.4) is 0 Å². The molecule has 0 aliphatic carbocycles. The molecule has 1 fully saturated rings. The summed E-state index contributed by atoms with van der Waals surface area (Å²) in [5, 5.41) is 10.3. The topological polar surface area (TPSA) is 110 Å². The maximum absolute atomic E-state index is 12.5. The molecule has 1 N–H and O–H groups in total. The first kappa shape index (κ1) is 15.7. The van der Waals surface area contributed by atoms with Crippen LogP contribution in [0.2, 0.25) is 0 Å². The van der Waals surface area contributed by atoms with Gasteiger partial charge < -0.3 is 9.84 Å². The smallest absolute Gasteiger partial charge is 0.273 e. The highest BCUT2D eigenvalue weighted by molar-refractivity contribution is 7.89. The third-order valence-electron chi connectivity index (χ3n) is 3.78. The highest BCUT2D eigenvalue weighted by Gasteiger charge is 2.31. The van der Waals surface area contributed by atoms with Crippen LogP contribution in [-0.4, -0.2) is 52.7 Å². The summed E-state index contributed by atoms with van der Waals surface area (Å²) in [7, 11) is -1.86. The maximum atomic E-state index is 12.5.